The van der Waals surface area contributed by atoms with E-state index in [-0.39, 0.29) is 6.61 Å². The van der Waals surface area contributed by atoms with Gasteiger partial charge >= 0.3 is 0 Å². The zero-order valence-corrected chi connectivity index (χ0v) is 6.01. The third-order valence-electron chi connectivity index (χ3n) is 1.15. The first-order valence-corrected chi connectivity index (χ1v) is 3.22. The molecule has 0 aliphatic heterocycles. The summed E-state index contributed by atoms with van der Waals surface area (Å²) in [6.45, 7) is -0.135. The van der Waals surface area contributed by atoms with Gasteiger partial charge in [-0.05, 0) is 6.07 Å². The van der Waals surface area contributed by atoms with Crippen LogP contribution in [-0.4, -0.2) is 11.7 Å². The number of halogens is 1. The molecule has 0 aromatic carbocycles. The fraction of sp³-hybridized carbons (Fsp3) is 0.333. The first-order valence-electron chi connectivity index (χ1n) is 2.84. The van der Waals surface area contributed by atoms with Gasteiger partial charge in [0.05, 0.1) is 17.7 Å². The van der Waals surface area contributed by atoms with E-state index >= 15 is 0 Å². The Morgan fingerprint density at radius 2 is 2.50 bits per heavy atom. The van der Waals surface area contributed by atoms with E-state index in [4.69, 9.17) is 26.9 Å². The van der Waals surface area contributed by atoms with Crippen molar-refractivity contribution < 1.29 is 9.52 Å². The third kappa shape index (κ3) is 1.50. The van der Waals surface area contributed by atoms with Crippen LogP contribution in [0.4, 0.5) is 0 Å². The Hall–Kier alpha value is -0.510. The highest BCUT2D eigenvalue weighted by Crippen LogP contribution is 2.17. The Morgan fingerprint density at radius 1 is 1.80 bits per heavy atom. The highest BCUT2D eigenvalue weighted by Gasteiger charge is 2.07. The molecule has 0 saturated heterocycles. The Morgan fingerprint density at radius 3 is 2.90 bits per heavy atom. The first-order chi connectivity index (χ1) is 4.74. The van der Waals surface area contributed by atoms with Crippen LogP contribution in [0.1, 0.15) is 11.8 Å². The van der Waals surface area contributed by atoms with Crippen molar-refractivity contribution in [2.24, 2.45) is 5.73 Å². The fourth-order valence-electron chi connectivity index (χ4n) is 0.613. The third-order valence-corrected chi connectivity index (χ3v) is 1.35. The van der Waals surface area contributed by atoms with Gasteiger partial charge in [-0.3, -0.25) is 0 Å². The van der Waals surface area contributed by atoms with Gasteiger partial charge < -0.3 is 15.3 Å². The molecule has 1 aromatic heterocycles. The first kappa shape index (κ1) is 7.60. The molecule has 3 nitrogen and oxygen atoms in total. The van der Waals surface area contributed by atoms with Gasteiger partial charge in [-0.25, -0.2) is 0 Å². The molecule has 1 rings (SSSR count). The minimum atomic E-state index is -0.465. The Kier molecular flexibility index (Phi) is 2.32. The smallest absolute Gasteiger partial charge is 0.124 e. The van der Waals surface area contributed by atoms with Gasteiger partial charge in [-0.15, -0.1) is 0 Å². The summed E-state index contributed by atoms with van der Waals surface area (Å²) in [6, 6.07) is 1.12. The van der Waals surface area contributed by atoms with Crippen LogP contribution in [0.2, 0.25) is 5.02 Å². The van der Waals surface area contributed by atoms with Crippen molar-refractivity contribution >= 4 is 11.6 Å². The molecule has 0 aliphatic rings. The van der Waals surface area contributed by atoms with Crippen LogP contribution in [-0.2, 0) is 0 Å². The molecule has 0 saturated carbocycles. The van der Waals surface area contributed by atoms with E-state index in [1.807, 2.05) is 0 Å². The molecule has 1 atom stereocenters. The maximum atomic E-state index is 8.57. The molecule has 3 N–H and O–H groups in total. The molecule has 4 heteroatoms. The fourth-order valence-corrected chi connectivity index (χ4v) is 0.765. The molecule has 0 unspecified atom stereocenters. The summed E-state index contributed by atoms with van der Waals surface area (Å²) in [5.41, 5.74) is 5.41. The van der Waals surface area contributed by atoms with Gasteiger partial charge in [0, 0.05) is 0 Å². The molecular weight excluding hydrogens is 154 g/mol. The van der Waals surface area contributed by atoms with E-state index in [1.54, 1.807) is 6.07 Å². The lowest BCUT2D eigenvalue weighted by Gasteiger charge is -2.00. The minimum Gasteiger partial charge on any atom is -0.466 e. The van der Waals surface area contributed by atoms with Crippen LogP contribution < -0.4 is 5.73 Å². The van der Waals surface area contributed by atoms with Crippen LogP contribution in [0.5, 0.6) is 0 Å². The van der Waals surface area contributed by atoms with E-state index in [1.165, 1.54) is 6.26 Å². The predicted octanol–water partition coefficient (Wildman–Crippen LogP) is 0.925. The highest BCUT2D eigenvalue weighted by molar-refractivity contribution is 6.30. The summed E-state index contributed by atoms with van der Waals surface area (Å²) in [4.78, 5) is 0. The number of rotatable bonds is 2. The Bertz CT molecular complexity index is 211. The van der Waals surface area contributed by atoms with Crippen LogP contribution in [0.25, 0.3) is 0 Å². The van der Waals surface area contributed by atoms with Crippen LogP contribution >= 0.6 is 11.6 Å². The zero-order valence-electron chi connectivity index (χ0n) is 5.25. The molecular formula is C6H8ClNO2. The predicted molar refractivity (Wildman–Crippen MR) is 37.7 cm³/mol. The topological polar surface area (TPSA) is 59.4 Å². The zero-order chi connectivity index (χ0) is 7.56. The van der Waals surface area contributed by atoms with E-state index in [9.17, 15) is 0 Å². The number of aliphatic hydroxyl groups is 1. The molecule has 10 heavy (non-hydrogen) atoms. The van der Waals surface area contributed by atoms with Crippen molar-refractivity contribution in [3.63, 3.8) is 0 Å². The largest absolute Gasteiger partial charge is 0.466 e. The number of hydrogen-bond acceptors (Lipinski definition) is 3. The molecule has 0 amide bonds. The lowest BCUT2D eigenvalue weighted by Crippen LogP contribution is -2.13. The molecule has 56 valence electrons. The van der Waals surface area contributed by atoms with Crippen molar-refractivity contribution in [1.82, 2.24) is 0 Å². The summed E-state index contributed by atoms with van der Waals surface area (Å²) in [5.74, 6) is 0.507. The SMILES string of the molecule is N[C@@H](CO)c1cc(Cl)co1. The van der Waals surface area contributed by atoms with Crippen molar-refractivity contribution in [1.29, 1.82) is 0 Å². The number of aliphatic hydroxyl groups excluding tert-OH is 1. The van der Waals surface area contributed by atoms with E-state index in [2.05, 4.69) is 0 Å². The summed E-state index contributed by atoms with van der Waals surface area (Å²) in [7, 11) is 0. The lowest BCUT2D eigenvalue weighted by atomic mass is 10.2. The average Bonchev–Trinajstić information content (AvgIpc) is 2.34. The van der Waals surface area contributed by atoms with Gasteiger partial charge in [0.25, 0.3) is 0 Å². The number of hydrogen-bond donors (Lipinski definition) is 2. The molecule has 0 radical (unpaired) electrons. The second-order valence-electron chi connectivity index (χ2n) is 1.96. The van der Waals surface area contributed by atoms with Crippen molar-refractivity contribution in [2.75, 3.05) is 6.61 Å². The monoisotopic (exact) mass is 161 g/mol. The van der Waals surface area contributed by atoms with Crippen LogP contribution in [0, 0.1) is 0 Å². The summed E-state index contributed by atoms with van der Waals surface area (Å²) < 4.78 is 4.90. The summed E-state index contributed by atoms with van der Waals surface area (Å²) >= 11 is 5.53. The molecule has 1 aromatic rings. The van der Waals surface area contributed by atoms with Crippen molar-refractivity contribution in [3.8, 4) is 0 Å². The summed E-state index contributed by atoms with van der Waals surface area (Å²) in [5, 5.41) is 9.07. The number of nitrogens with two attached hydrogens (primary N) is 1. The normalized spacial score (nSPS) is 13.5. The van der Waals surface area contributed by atoms with Crippen molar-refractivity contribution in [3.05, 3.63) is 23.1 Å². The second-order valence-corrected chi connectivity index (χ2v) is 2.39. The second kappa shape index (κ2) is 3.05. The average molecular weight is 162 g/mol. The standard InChI is InChI=1S/C6H8ClNO2/c7-4-1-6(10-3-4)5(8)2-9/h1,3,5,9H,2,8H2/t5-/m0/s1. The molecule has 0 bridgehead atoms. The molecule has 0 spiro atoms. The molecule has 0 fully saturated rings. The van der Waals surface area contributed by atoms with Crippen LogP contribution in [0.3, 0.4) is 0 Å². The molecule has 0 aliphatic carbocycles. The van der Waals surface area contributed by atoms with Crippen LogP contribution in [0.15, 0.2) is 16.7 Å². The van der Waals surface area contributed by atoms with Gasteiger partial charge in [-0.2, -0.15) is 0 Å². The van der Waals surface area contributed by atoms with Gasteiger partial charge in [-0.1, -0.05) is 11.6 Å². The van der Waals surface area contributed by atoms with E-state index < -0.39 is 6.04 Å². The Balaban J connectivity index is 2.74. The minimum absolute atomic E-state index is 0.135. The van der Waals surface area contributed by atoms with E-state index in [0.29, 0.717) is 10.8 Å². The lowest BCUT2D eigenvalue weighted by molar-refractivity contribution is 0.252. The highest BCUT2D eigenvalue weighted by atomic mass is 35.5. The number of furan rings is 1. The summed E-state index contributed by atoms with van der Waals surface area (Å²) in [6.07, 6.45) is 1.38. The van der Waals surface area contributed by atoms with Crippen molar-refractivity contribution in [2.45, 2.75) is 6.04 Å². The molecule has 1 heterocycles. The van der Waals surface area contributed by atoms with Gasteiger partial charge in [0.1, 0.15) is 12.0 Å². The van der Waals surface area contributed by atoms with Gasteiger partial charge in [0.2, 0.25) is 0 Å². The maximum absolute atomic E-state index is 8.57. The quantitative estimate of drug-likeness (QED) is 0.678. The van der Waals surface area contributed by atoms with E-state index in [0.717, 1.165) is 0 Å². The van der Waals surface area contributed by atoms with Gasteiger partial charge in [0.15, 0.2) is 0 Å². The maximum Gasteiger partial charge on any atom is 0.124 e. The Labute approximate surface area is 63.4 Å².